The van der Waals surface area contributed by atoms with Crippen molar-refractivity contribution < 1.29 is 12.8 Å². The van der Waals surface area contributed by atoms with Gasteiger partial charge in [-0.25, -0.2) is 12.8 Å². The minimum absolute atomic E-state index is 0.320. The Balaban J connectivity index is 2.44. The molecule has 2 rings (SSSR count). The topological polar surface area (TPSA) is 34.1 Å². The minimum Gasteiger partial charge on any atom is -0.247 e. The fourth-order valence-electron chi connectivity index (χ4n) is 2.84. The molecule has 4 heteroatoms. The van der Waals surface area contributed by atoms with Crippen molar-refractivity contribution in [3.63, 3.8) is 0 Å². The van der Waals surface area contributed by atoms with Crippen molar-refractivity contribution >= 4 is 15.4 Å². The monoisotopic (exact) mass is 332 g/mol. The summed E-state index contributed by atoms with van der Waals surface area (Å²) in [6, 6.07) is 6.98. The molecule has 0 spiro atoms. The number of allylic oxidation sites excluding steroid dienone is 7. The van der Waals surface area contributed by atoms with Gasteiger partial charge in [0.2, 0.25) is 0 Å². The van der Waals surface area contributed by atoms with Crippen LogP contribution in [0.1, 0.15) is 24.8 Å². The van der Waals surface area contributed by atoms with Crippen molar-refractivity contribution in [2.45, 2.75) is 24.2 Å². The Kier molecular flexibility index (Phi) is 5.72. The third kappa shape index (κ3) is 4.29. The van der Waals surface area contributed by atoms with E-state index >= 15 is 0 Å². The largest absolute Gasteiger partial charge is 0.247 e. The maximum atomic E-state index is 12.4. The lowest BCUT2D eigenvalue weighted by molar-refractivity contribution is 0.561. The molecule has 1 aliphatic carbocycles. The number of halogens is 1. The molecule has 0 amide bonds. The highest BCUT2D eigenvalue weighted by molar-refractivity contribution is 7.90. The van der Waals surface area contributed by atoms with Crippen LogP contribution in [0.5, 0.6) is 0 Å². The van der Waals surface area contributed by atoms with Crippen molar-refractivity contribution in [1.82, 2.24) is 0 Å². The van der Waals surface area contributed by atoms with Crippen LogP contribution in [-0.2, 0) is 9.84 Å². The summed E-state index contributed by atoms with van der Waals surface area (Å²) in [6.45, 7) is 3.22. The van der Waals surface area contributed by atoms with Crippen molar-refractivity contribution in [3.8, 4) is 0 Å². The first kappa shape index (κ1) is 17.4. The molecule has 23 heavy (non-hydrogen) atoms. The fraction of sp³-hybridized carbons (Fsp3) is 0.263. The van der Waals surface area contributed by atoms with Gasteiger partial charge in [-0.3, -0.25) is 0 Å². The molecule has 2 nitrogen and oxygen atoms in total. The van der Waals surface area contributed by atoms with Crippen LogP contribution in [-0.4, -0.2) is 21.3 Å². The van der Waals surface area contributed by atoms with Gasteiger partial charge in [0.25, 0.3) is 0 Å². The second-order valence-corrected chi connectivity index (χ2v) is 7.54. The summed E-state index contributed by atoms with van der Waals surface area (Å²) in [7, 11) is -3.19. The van der Waals surface area contributed by atoms with Gasteiger partial charge in [-0.15, -0.1) is 0 Å². The van der Waals surface area contributed by atoms with Gasteiger partial charge in [0, 0.05) is 6.26 Å². The number of sulfone groups is 1. The van der Waals surface area contributed by atoms with E-state index in [-0.39, 0.29) is 0 Å². The lowest BCUT2D eigenvalue weighted by Gasteiger charge is -2.10. The van der Waals surface area contributed by atoms with Gasteiger partial charge in [-0.05, 0) is 53.7 Å². The smallest absolute Gasteiger partial charge is 0.175 e. The number of hydrogen-bond acceptors (Lipinski definition) is 2. The lowest BCUT2D eigenvalue weighted by atomic mass is 9.96. The average molecular weight is 332 g/mol. The summed E-state index contributed by atoms with van der Waals surface area (Å²) in [5.41, 5.74) is 4.37. The third-order valence-corrected chi connectivity index (χ3v) is 5.01. The molecule has 0 radical (unpaired) electrons. The average Bonchev–Trinajstić information content (AvgIpc) is 3.00. The molecule has 0 saturated heterocycles. The number of rotatable bonds is 6. The predicted molar refractivity (Wildman–Crippen MR) is 93.7 cm³/mol. The molecule has 1 aliphatic rings. The first-order chi connectivity index (χ1) is 11.0. The Morgan fingerprint density at radius 3 is 2.52 bits per heavy atom. The van der Waals surface area contributed by atoms with Crippen LogP contribution in [0.15, 0.2) is 71.2 Å². The number of benzene rings is 1. The van der Waals surface area contributed by atoms with Gasteiger partial charge < -0.3 is 0 Å². The lowest BCUT2D eigenvalue weighted by Crippen LogP contribution is -1.97. The summed E-state index contributed by atoms with van der Waals surface area (Å²) in [5, 5.41) is 0. The van der Waals surface area contributed by atoms with Crippen molar-refractivity contribution in [2.24, 2.45) is 0 Å². The maximum Gasteiger partial charge on any atom is 0.175 e. The minimum atomic E-state index is -3.19. The van der Waals surface area contributed by atoms with Crippen LogP contribution in [0.3, 0.4) is 0 Å². The second kappa shape index (κ2) is 7.55. The summed E-state index contributed by atoms with van der Waals surface area (Å²) in [5.74, 6) is 0. The van der Waals surface area contributed by atoms with Crippen LogP contribution < -0.4 is 0 Å². The van der Waals surface area contributed by atoms with E-state index in [4.69, 9.17) is 0 Å². The highest BCUT2D eigenvalue weighted by atomic mass is 32.2. The molecular weight excluding hydrogens is 311 g/mol. The van der Waals surface area contributed by atoms with Gasteiger partial charge >= 0.3 is 0 Å². The molecule has 1 aromatic carbocycles. The molecule has 0 bridgehead atoms. The zero-order chi connectivity index (χ0) is 16.9. The van der Waals surface area contributed by atoms with E-state index in [1.807, 2.05) is 18.2 Å². The quantitative estimate of drug-likeness (QED) is 0.710. The highest BCUT2D eigenvalue weighted by Crippen LogP contribution is 2.38. The summed E-state index contributed by atoms with van der Waals surface area (Å²) in [6.07, 6.45) is 11.0. The van der Waals surface area contributed by atoms with Crippen LogP contribution in [0.4, 0.5) is 4.39 Å². The Morgan fingerprint density at radius 2 is 1.96 bits per heavy atom. The Labute approximate surface area is 137 Å². The Hall–Kier alpha value is -1.94. The van der Waals surface area contributed by atoms with Gasteiger partial charge in [-0.2, -0.15) is 0 Å². The molecule has 0 N–H and O–H groups in total. The summed E-state index contributed by atoms with van der Waals surface area (Å²) in [4.78, 5) is 0.320. The van der Waals surface area contributed by atoms with E-state index in [1.54, 1.807) is 24.3 Å². The van der Waals surface area contributed by atoms with Crippen molar-refractivity contribution in [3.05, 3.63) is 71.9 Å². The van der Waals surface area contributed by atoms with E-state index in [2.05, 4.69) is 6.58 Å². The molecule has 0 aliphatic heterocycles. The van der Waals surface area contributed by atoms with Crippen LogP contribution in [0.2, 0.25) is 0 Å². The van der Waals surface area contributed by atoms with E-state index in [9.17, 15) is 12.8 Å². The van der Waals surface area contributed by atoms with E-state index in [0.717, 1.165) is 30.4 Å². The molecule has 0 heterocycles. The molecule has 1 aromatic rings. The molecular formula is C19H21FO2S. The normalized spacial score (nSPS) is 16.3. The SMILES string of the molecule is C=C/C=C(\C=C/CF)C1=C(c2ccc(S(C)(=O)=O)cc2)CCC1. The first-order valence-electron chi connectivity index (χ1n) is 7.55. The maximum absolute atomic E-state index is 12.4. The molecule has 0 saturated carbocycles. The zero-order valence-electron chi connectivity index (χ0n) is 13.3. The molecule has 0 unspecified atom stereocenters. The van der Waals surface area contributed by atoms with Crippen LogP contribution in [0.25, 0.3) is 5.57 Å². The van der Waals surface area contributed by atoms with Gasteiger partial charge in [0.15, 0.2) is 9.84 Å². The van der Waals surface area contributed by atoms with Gasteiger partial charge in [-0.1, -0.05) is 43.0 Å². The third-order valence-electron chi connectivity index (χ3n) is 3.88. The Bertz CT molecular complexity index is 766. The number of alkyl halides is 1. The highest BCUT2D eigenvalue weighted by Gasteiger charge is 2.18. The standard InChI is InChI=1S/C19H21FO2S/c1-3-6-15(7-5-14-20)18-8-4-9-19(18)16-10-12-17(13-11-16)23(2,21)22/h3,5-7,10-13H,1,4,8-9,14H2,2H3/b7-5-,15-6+. The van der Waals surface area contributed by atoms with Gasteiger partial charge in [0.1, 0.15) is 6.67 Å². The second-order valence-electron chi connectivity index (χ2n) is 5.52. The first-order valence-corrected chi connectivity index (χ1v) is 9.44. The number of hydrogen-bond donors (Lipinski definition) is 0. The van der Waals surface area contributed by atoms with Crippen LogP contribution in [0, 0.1) is 0 Å². The van der Waals surface area contributed by atoms with Crippen molar-refractivity contribution in [2.75, 3.05) is 12.9 Å². The van der Waals surface area contributed by atoms with E-state index < -0.39 is 16.5 Å². The molecule has 122 valence electrons. The molecule has 0 fully saturated rings. The summed E-state index contributed by atoms with van der Waals surface area (Å²) < 4.78 is 35.6. The zero-order valence-corrected chi connectivity index (χ0v) is 14.1. The Morgan fingerprint density at radius 1 is 1.26 bits per heavy atom. The summed E-state index contributed by atoms with van der Waals surface area (Å²) >= 11 is 0. The molecule has 0 atom stereocenters. The van der Waals surface area contributed by atoms with Crippen LogP contribution >= 0.6 is 0 Å². The fourth-order valence-corrected chi connectivity index (χ4v) is 3.47. The van der Waals surface area contributed by atoms with Crippen molar-refractivity contribution in [1.29, 1.82) is 0 Å². The predicted octanol–water partition coefficient (Wildman–Crippen LogP) is 4.67. The van der Waals surface area contributed by atoms with Gasteiger partial charge in [0.05, 0.1) is 4.90 Å². The molecule has 0 aromatic heterocycles. The van der Waals surface area contributed by atoms with E-state index in [1.165, 1.54) is 23.5 Å². The van der Waals surface area contributed by atoms with E-state index in [0.29, 0.717) is 4.90 Å².